The molecule has 18 heavy (non-hydrogen) atoms. The van der Waals surface area contributed by atoms with E-state index in [1.807, 2.05) is 0 Å². The van der Waals surface area contributed by atoms with E-state index in [2.05, 4.69) is 20.9 Å². The van der Waals surface area contributed by atoms with E-state index < -0.39 is 17.6 Å². The molecule has 6 heteroatoms. The average Bonchev–Trinajstić information content (AvgIpc) is 2.77. The Balaban J connectivity index is 2.38. The van der Waals surface area contributed by atoms with E-state index in [1.54, 1.807) is 6.07 Å². The fourth-order valence-electron chi connectivity index (χ4n) is 1.48. The highest BCUT2D eigenvalue weighted by Crippen LogP contribution is 2.18. The minimum Gasteiger partial charge on any atom is -0.477 e. The van der Waals surface area contributed by atoms with E-state index in [9.17, 15) is 14.0 Å². The summed E-state index contributed by atoms with van der Waals surface area (Å²) in [5.74, 6) is -2.40. The topological polar surface area (TPSA) is 70.2 Å². The van der Waals surface area contributed by atoms with E-state index in [1.165, 1.54) is 24.4 Å². The number of carbonyl (C=O) groups excluding carboxylic acids is 1. The lowest BCUT2D eigenvalue weighted by Crippen LogP contribution is -2.03. The zero-order valence-electron chi connectivity index (χ0n) is 8.91. The third-order valence-corrected chi connectivity index (χ3v) is 2.84. The van der Waals surface area contributed by atoms with Crippen LogP contribution in [0.15, 0.2) is 34.9 Å². The maximum absolute atomic E-state index is 13.6. The van der Waals surface area contributed by atoms with E-state index in [0.717, 1.165) is 0 Å². The highest BCUT2D eigenvalue weighted by atomic mass is 79.9. The lowest BCUT2D eigenvalue weighted by atomic mass is 10.1. The number of carboxylic acids is 1. The first-order chi connectivity index (χ1) is 8.49. The van der Waals surface area contributed by atoms with E-state index >= 15 is 0 Å². The van der Waals surface area contributed by atoms with Gasteiger partial charge in [0.2, 0.25) is 0 Å². The fourth-order valence-corrected chi connectivity index (χ4v) is 1.81. The fraction of sp³-hybridized carbons (Fsp3) is 0. The van der Waals surface area contributed by atoms with Crippen LogP contribution >= 0.6 is 15.9 Å². The van der Waals surface area contributed by atoms with Crippen molar-refractivity contribution in [1.82, 2.24) is 4.98 Å². The molecule has 0 fully saturated rings. The van der Waals surface area contributed by atoms with Crippen LogP contribution in [0.25, 0.3) is 0 Å². The molecular weight excluding hydrogens is 305 g/mol. The summed E-state index contributed by atoms with van der Waals surface area (Å²) < 4.78 is 14.1. The number of aromatic carboxylic acids is 1. The summed E-state index contributed by atoms with van der Waals surface area (Å²) in [5, 5.41) is 8.72. The number of aromatic amines is 1. The predicted octanol–water partition coefficient (Wildman–Crippen LogP) is 2.85. The monoisotopic (exact) mass is 311 g/mol. The van der Waals surface area contributed by atoms with Crippen molar-refractivity contribution in [2.45, 2.75) is 0 Å². The highest BCUT2D eigenvalue weighted by Gasteiger charge is 2.17. The van der Waals surface area contributed by atoms with Crippen LogP contribution in [0.1, 0.15) is 26.4 Å². The van der Waals surface area contributed by atoms with Gasteiger partial charge in [0.25, 0.3) is 0 Å². The van der Waals surface area contributed by atoms with Crippen molar-refractivity contribution in [2.24, 2.45) is 0 Å². The Hall–Kier alpha value is -1.95. The summed E-state index contributed by atoms with van der Waals surface area (Å²) in [5.41, 5.74) is -0.112. The molecule has 92 valence electrons. The van der Waals surface area contributed by atoms with Gasteiger partial charge in [0.1, 0.15) is 11.5 Å². The molecule has 1 aromatic heterocycles. The maximum atomic E-state index is 13.6. The molecule has 0 aliphatic carbocycles. The lowest BCUT2D eigenvalue weighted by Gasteiger charge is -2.00. The second-order valence-corrected chi connectivity index (χ2v) is 4.48. The van der Waals surface area contributed by atoms with Gasteiger partial charge in [-0.05, 0) is 24.3 Å². The minimum atomic E-state index is -1.18. The molecule has 0 amide bonds. The molecule has 2 rings (SSSR count). The molecule has 0 radical (unpaired) electrons. The smallest absolute Gasteiger partial charge is 0.352 e. The summed E-state index contributed by atoms with van der Waals surface area (Å²) in [6, 6.07) is 5.24. The third kappa shape index (κ3) is 2.33. The molecule has 1 aromatic carbocycles. The summed E-state index contributed by atoms with van der Waals surface area (Å²) in [6.07, 6.45) is 1.24. The number of rotatable bonds is 3. The zero-order chi connectivity index (χ0) is 13.3. The number of halogens is 2. The summed E-state index contributed by atoms with van der Waals surface area (Å²) in [4.78, 5) is 25.0. The van der Waals surface area contributed by atoms with Gasteiger partial charge in [-0.2, -0.15) is 0 Å². The van der Waals surface area contributed by atoms with Gasteiger partial charge >= 0.3 is 5.97 Å². The molecule has 2 aromatic rings. The Labute approximate surface area is 110 Å². The molecule has 0 saturated heterocycles. The van der Waals surface area contributed by atoms with Crippen LogP contribution in [-0.4, -0.2) is 21.8 Å². The molecule has 0 aliphatic heterocycles. The van der Waals surface area contributed by atoms with Gasteiger partial charge < -0.3 is 10.1 Å². The number of aromatic nitrogens is 1. The van der Waals surface area contributed by atoms with Crippen LogP contribution in [0, 0.1) is 5.82 Å². The van der Waals surface area contributed by atoms with Crippen molar-refractivity contribution in [3.8, 4) is 0 Å². The number of H-pyrrole nitrogens is 1. The molecule has 0 spiro atoms. The Bertz CT molecular complexity index is 636. The molecule has 0 bridgehead atoms. The first-order valence-corrected chi connectivity index (χ1v) is 5.70. The third-order valence-electron chi connectivity index (χ3n) is 2.35. The van der Waals surface area contributed by atoms with Gasteiger partial charge in [0.15, 0.2) is 5.78 Å². The van der Waals surface area contributed by atoms with Gasteiger partial charge in [-0.25, -0.2) is 9.18 Å². The van der Waals surface area contributed by atoms with E-state index in [0.29, 0.717) is 4.47 Å². The van der Waals surface area contributed by atoms with Crippen LogP contribution in [0.4, 0.5) is 4.39 Å². The van der Waals surface area contributed by atoms with Gasteiger partial charge in [0.05, 0.1) is 5.56 Å². The van der Waals surface area contributed by atoms with Gasteiger partial charge in [-0.3, -0.25) is 4.79 Å². The second-order valence-electron chi connectivity index (χ2n) is 3.56. The Morgan fingerprint density at radius 1 is 1.28 bits per heavy atom. The first kappa shape index (κ1) is 12.5. The summed E-state index contributed by atoms with van der Waals surface area (Å²) >= 11 is 3.09. The average molecular weight is 312 g/mol. The Morgan fingerprint density at radius 2 is 2.00 bits per heavy atom. The number of ketones is 1. The van der Waals surface area contributed by atoms with Crippen LogP contribution in [0.3, 0.4) is 0 Å². The number of hydrogen-bond acceptors (Lipinski definition) is 2. The first-order valence-electron chi connectivity index (χ1n) is 4.90. The van der Waals surface area contributed by atoms with E-state index in [-0.39, 0.29) is 16.8 Å². The van der Waals surface area contributed by atoms with Crippen molar-refractivity contribution < 1.29 is 19.1 Å². The van der Waals surface area contributed by atoms with Crippen molar-refractivity contribution >= 4 is 27.7 Å². The zero-order valence-corrected chi connectivity index (χ0v) is 10.5. The van der Waals surface area contributed by atoms with Gasteiger partial charge in [0, 0.05) is 16.2 Å². The van der Waals surface area contributed by atoms with Crippen LogP contribution in [0.5, 0.6) is 0 Å². The standard InChI is InChI=1S/C12H7BrFNO3/c13-7-1-2-8(9(14)4-7)11(16)6-3-10(12(17)18)15-5-6/h1-5,15H,(H,17,18). The second kappa shape index (κ2) is 4.73. The normalized spacial score (nSPS) is 10.3. The van der Waals surface area contributed by atoms with Crippen molar-refractivity contribution in [2.75, 3.05) is 0 Å². The van der Waals surface area contributed by atoms with Crippen LogP contribution in [-0.2, 0) is 0 Å². The molecule has 0 saturated carbocycles. The largest absolute Gasteiger partial charge is 0.477 e. The molecule has 2 N–H and O–H groups in total. The number of benzene rings is 1. The van der Waals surface area contributed by atoms with Gasteiger partial charge in [-0.1, -0.05) is 15.9 Å². The summed E-state index contributed by atoms with van der Waals surface area (Å²) in [6.45, 7) is 0. The number of carbonyl (C=O) groups is 2. The van der Waals surface area contributed by atoms with E-state index in [4.69, 9.17) is 5.11 Å². The number of carboxylic acid groups (broad SMARTS) is 1. The maximum Gasteiger partial charge on any atom is 0.352 e. The number of hydrogen-bond donors (Lipinski definition) is 2. The Morgan fingerprint density at radius 3 is 2.56 bits per heavy atom. The van der Waals surface area contributed by atoms with Crippen molar-refractivity contribution in [1.29, 1.82) is 0 Å². The van der Waals surface area contributed by atoms with Crippen molar-refractivity contribution in [3.63, 3.8) is 0 Å². The highest BCUT2D eigenvalue weighted by molar-refractivity contribution is 9.10. The molecular formula is C12H7BrFNO3. The number of nitrogens with one attached hydrogen (secondary N) is 1. The minimum absolute atomic E-state index is 0.103. The predicted molar refractivity (Wildman–Crippen MR) is 65.3 cm³/mol. The molecule has 0 aliphatic rings. The molecule has 0 unspecified atom stereocenters. The quantitative estimate of drug-likeness (QED) is 0.856. The summed E-state index contributed by atoms with van der Waals surface area (Å²) in [7, 11) is 0. The van der Waals surface area contributed by atoms with Crippen molar-refractivity contribution in [3.05, 3.63) is 57.6 Å². The van der Waals surface area contributed by atoms with Gasteiger partial charge in [-0.15, -0.1) is 0 Å². The molecule has 0 atom stereocenters. The van der Waals surface area contributed by atoms with Crippen LogP contribution in [0.2, 0.25) is 0 Å². The lowest BCUT2D eigenvalue weighted by molar-refractivity contribution is 0.0691. The van der Waals surface area contributed by atoms with Crippen LogP contribution < -0.4 is 0 Å². The molecule has 1 heterocycles. The SMILES string of the molecule is O=C(O)c1cc(C(=O)c2ccc(Br)cc2F)c[nH]1. The Kier molecular flexibility index (Phi) is 3.29. The molecule has 4 nitrogen and oxygen atoms in total.